The van der Waals surface area contributed by atoms with Crippen LogP contribution in [0.5, 0.6) is 0 Å². The zero-order valence-corrected chi connectivity index (χ0v) is 11.6. The molecule has 1 fully saturated rings. The van der Waals surface area contributed by atoms with Crippen molar-refractivity contribution >= 4 is 22.9 Å². The molecule has 6 heteroatoms. The topological polar surface area (TPSA) is 86.3 Å². The Morgan fingerprint density at radius 1 is 1.43 bits per heavy atom. The first-order valence-electron chi connectivity index (χ1n) is 7.10. The summed E-state index contributed by atoms with van der Waals surface area (Å²) in [6.07, 6.45) is 5.93. The molecule has 6 nitrogen and oxygen atoms in total. The second kappa shape index (κ2) is 5.55. The molecule has 0 aliphatic carbocycles. The molecule has 1 aliphatic rings. The third-order valence-corrected chi connectivity index (χ3v) is 3.99. The number of carbonyl (C=O) groups is 2. The Kier molecular flexibility index (Phi) is 3.60. The average Bonchev–Trinajstić information content (AvgIpc) is 2.90. The van der Waals surface area contributed by atoms with Gasteiger partial charge in [0.25, 0.3) is 0 Å². The number of pyridine rings is 1. The summed E-state index contributed by atoms with van der Waals surface area (Å²) in [6.45, 7) is 0.524. The molecule has 3 heterocycles. The zero-order valence-electron chi connectivity index (χ0n) is 11.6. The maximum absolute atomic E-state index is 12.5. The van der Waals surface area contributed by atoms with Crippen LogP contribution in [0.4, 0.5) is 0 Å². The lowest BCUT2D eigenvalue weighted by atomic mass is 10.0. The van der Waals surface area contributed by atoms with E-state index in [0.717, 1.165) is 29.4 Å². The molecule has 1 atom stereocenters. The van der Waals surface area contributed by atoms with Gasteiger partial charge in [0.1, 0.15) is 11.7 Å². The number of carboxylic acids is 1. The minimum Gasteiger partial charge on any atom is -0.480 e. The summed E-state index contributed by atoms with van der Waals surface area (Å²) < 4.78 is 0. The Hall–Kier alpha value is -2.37. The summed E-state index contributed by atoms with van der Waals surface area (Å²) in [5.74, 6) is -1.05. The number of carboxylic acid groups (broad SMARTS) is 1. The molecule has 1 unspecified atom stereocenters. The van der Waals surface area contributed by atoms with Gasteiger partial charge in [-0.05, 0) is 37.0 Å². The van der Waals surface area contributed by atoms with Gasteiger partial charge < -0.3 is 15.0 Å². The minimum atomic E-state index is -0.913. The Morgan fingerprint density at radius 2 is 2.29 bits per heavy atom. The van der Waals surface area contributed by atoms with Gasteiger partial charge in [-0.15, -0.1) is 0 Å². The fourth-order valence-corrected chi connectivity index (χ4v) is 2.91. The number of hydrogen-bond acceptors (Lipinski definition) is 3. The van der Waals surface area contributed by atoms with Crippen molar-refractivity contribution in [3.8, 4) is 0 Å². The number of fused-ring (bicyclic) bond motifs is 1. The number of hydrogen-bond donors (Lipinski definition) is 2. The van der Waals surface area contributed by atoms with Gasteiger partial charge in [-0.1, -0.05) is 0 Å². The number of amides is 1. The van der Waals surface area contributed by atoms with Crippen molar-refractivity contribution in [1.29, 1.82) is 0 Å². The van der Waals surface area contributed by atoms with Crippen molar-refractivity contribution in [2.24, 2.45) is 0 Å². The number of aliphatic carboxylic acids is 1. The summed E-state index contributed by atoms with van der Waals surface area (Å²) in [5, 5.41) is 10.2. The third kappa shape index (κ3) is 2.61. The van der Waals surface area contributed by atoms with Crippen molar-refractivity contribution in [2.75, 3.05) is 6.54 Å². The number of nitrogens with one attached hydrogen (secondary N) is 1. The van der Waals surface area contributed by atoms with Crippen LogP contribution in [0.25, 0.3) is 11.0 Å². The first-order valence-corrected chi connectivity index (χ1v) is 7.10. The van der Waals surface area contributed by atoms with Gasteiger partial charge in [0.15, 0.2) is 0 Å². The molecule has 2 N–H and O–H groups in total. The monoisotopic (exact) mass is 287 g/mol. The van der Waals surface area contributed by atoms with Crippen molar-refractivity contribution in [2.45, 2.75) is 31.7 Å². The van der Waals surface area contributed by atoms with E-state index in [-0.39, 0.29) is 12.3 Å². The number of rotatable bonds is 3. The predicted octanol–water partition coefficient (Wildman–Crippen LogP) is 1.57. The standard InChI is InChI=1S/C15H17N3O3/c19-13(18-7-2-1-5-12(18)15(20)21)8-10-9-17-14-11(10)4-3-6-16-14/h3-4,6,9,12H,1-2,5,7-8H2,(H,16,17)(H,20,21). The number of carbonyl (C=O) groups excluding carboxylic acids is 1. The van der Waals surface area contributed by atoms with Gasteiger partial charge in [0, 0.05) is 24.3 Å². The lowest BCUT2D eigenvalue weighted by molar-refractivity contribution is -0.151. The fourth-order valence-electron chi connectivity index (χ4n) is 2.91. The molecule has 3 rings (SSSR count). The maximum Gasteiger partial charge on any atom is 0.326 e. The van der Waals surface area contributed by atoms with E-state index >= 15 is 0 Å². The summed E-state index contributed by atoms with van der Waals surface area (Å²) in [7, 11) is 0. The largest absolute Gasteiger partial charge is 0.480 e. The highest BCUT2D eigenvalue weighted by Gasteiger charge is 2.31. The molecule has 0 spiro atoms. The van der Waals surface area contributed by atoms with Gasteiger partial charge in [-0.25, -0.2) is 9.78 Å². The van der Waals surface area contributed by atoms with E-state index in [1.165, 1.54) is 4.90 Å². The second-order valence-electron chi connectivity index (χ2n) is 5.33. The summed E-state index contributed by atoms with van der Waals surface area (Å²) in [4.78, 5) is 32.4. The average molecular weight is 287 g/mol. The van der Waals surface area contributed by atoms with Crippen LogP contribution in [0.2, 0.25) is 0 Å². The molecule has 21 heavy (non-hydrogen) atoms. The molecule has 1 aliphatic heterocycles. The van der Waals surface area contributed by atoms with Gasteiger partial charge >= 0.3 is 5.97 Å². The molecule has 2 aromatic heterocycles. The van der Waals surface area contributed by atoms with Crippen molar-refractivity contribution in [3.63, 3.8) is 0 Å². The number of nitrogens with zero attached hydrogens (tertiary/aromatic N) is 2. The van der Waals surface area contributed by atoms with Crippen LogP contribution in [0, 0.1) is 0 Å². The van der Waals surface area contributed by atoms with Crippen LogP contribution < -0.4 is 0 Å². The molecule has 0 radical (unpaired) electrons. The molecule has 2 aromatic rings. The summed E-state index contributed by atoms with van der Waals surface area (Å²) >= 11 is 0. The Labute approximate surface area is 121 Å². The smallest absolute Gasteiger partial charge is 0.326 e. The van der Waals surface area contributed by atoms with E-state index in [9.17, 15) is 14.7 Å². The lowest BCUT2D eigenvalue weighted by Crippen LogP contribution is -2.48. The molecule has 1 amide bonds. The normalized spacial score (nSPS) is 18.9. The highest BCUT2D eigenvalue weighted by atomic mass is 16.4. The highest BCUT2D eigenvalue weighted by molar-refractivity contribution is 5.89. The SMILES string of the molecule is O=C(O)C1CCCCN1C(=O)Cc1c[nH]c2ncccc12. The van der Waals surface area contributed by atoms with Crippen molar-refractivity contribution < 1.29 is 14.7 Å². The predicted molar refractivity (Wildman–Crippen MR) is 76.8 cm³/mol. The number of piperidine rings is 1. The highest BCUT2D eigenvalue weighted by Crippen LogP contribution is 2.21. The number of likely N-dealkylation sites (tertiary alicyclic amines) is 1. The number of H-pyrrole nitrogens is 1. The Morgan fingerprint density at radius 3 is 3.10 bits per heavy atom. The third-order valence-electron chi connectivity index (χ3n) is 3.99. The molecule has 0 saturated carbocycles. The van der Waals surface area contributed by atoms with E-state index in [4.69, 9.17) is 0 Å². The van der Waals surface area contributed by atoms with E-state index < -0.39 is 12.0 Å². The van der Waals surface area contributed by atoms with Crippen LogP contribution in [0.3, 0.4) is 0 Å². The zero-order chi connectivity index (χ0) is 14.8. The van der Waals surface area contributed by atoms with Crippen molar-refractivity contribution in [3.05, 3.63) is 30.1 Å². The summed E-state index contributed by atoms with van der Waals surface area (Å²) in [6, 6.07) is 3.05. The van der Waals surface area contributed by atoms with Gasteiger partial charge in [-0.3, -0.25) is 4.79 Å². The van der Waals surface area contributed by atoms with E-state index in [2.05, 4.69) is 9.97 Å². The first-order chi connectivity index (χ1) is 10.2. The number of aromatic nitrogens is 2. The van der Waals surface area contributed by atoms with E-state index in [0.29, 0.717) is 13.0 Å². The maximum atomic E-state index is 12.5. The molecule has 0 bridgehead atoms. The van der Waals surface area contributed by atoms with Gasteiger partial charge in [-0.2, -0.15) is 0 Å². The molecule has 110 valence electrons. The molecular formula is C15H17N3O3. The Bertz CT molecular complexity index is 680. The first kappa shape index (κ1) is 13.6. The van der Waals surface area contributed by atoms with Crippen LogP contribution in [-0.4, -0.2) is 44.4 Å². The van der Waals surface area contributed by atoms with E-state index in [1.54, 1.807) is 12.4 Å². The fraction of sp³-hybridized carbons (Fsp3) is 0.400. The lowest BCUT2D eigenvalue weighted by Gasteiger charge is -2.33. The Balaban J connectivity index is 1.80. The van der Waals surface area contributed by atoms with Crippen LogP contribution >= 0.6 is 0 Å². The van der Waals surface area contributed by atoms with Gasteiger partial charge in [0.05, 0.1) is 6.42 Å². The van der Waals surface area contributed by atoms with Crippen LogP contribution in [0.15, 0.2) is 24.5 Å². The minimum absolute atomic E-state index is 0.133. The van der Waals surface area contributed by atoms with Crippen LogP contribution in [0.1, 0.15) is 24.8 Å². The molecule has 1 saturated heterocycles. The summed E-state index contributed by atoms with van der Waals surface area (Å²) in [5.41, 5.74) is 1.60. The van der Waals surface area contributed by atoms with Crippen LogP contribution in [-0.2, 0) is 16.0 Å². The van der Waals surface area contributed by atoms with E-state index in [1.807, 2.05) is 12.1 Å². The second-order valence-corrected chi connectivity index (χ2v) is 5.33. The number of aromatic amines is 1. The quantitative estimate of drug-likeness (QED) is 0.897. The van der Waals surface area contributed by atoms with Gasteiger partial charge in [0.2, 0.25) is 5.91 Å². The van der Waals surface area contributed by atoms with Crippen molar-refractivity contribution in [1.82, 2.24) is 14.9 Å². The molecule has 0 aromatic carbocycles. The molecular weight excluding hydrogens is 270 g/mol.